The Labute approximate surface area is 254 Å². The third kappa shape index (κ3) is 6.65. The van der Waals surface area contributed by atoms with Crippen LogP contribution in [-0.2, 0) is 29.2 Å². The van der Waals surface area contributed by atoms with Crippen LogP contribution in [0.5, 0.6) is 11.5 Å². The first-order valence-corrected chi connectivity index (χ1v) is 14.5. The summed E-state index contributed by atoms with van der Waals surface area (Å²) < 4.78 is 24.4. The first-order valence-electron chi connectivity index (χ1n) is 13.2. The number of rotatable bonds is 10. The molecule has 1 N–H and O–H groups in total. The predicted octanol–water partition coefficient (Wildman–Crippen LogP) is 5.01. The van der Waals surface area contributed by atoms with Gasteiger partial charge in [-0.2, -0.15) is 4.80 Å². The SMILES string of the molecule is O=C(NCc1ccc(F)cc1)[C@H](c1cccs1)N(Cc1ccc2c(c1)OCO2)C(=O)Cn1nnc(-c2ccc(Cl)cc2)n1. The second-order valence-corrected chi connectivity index (χ2v) is 11.0. The van der Waals surface area contributed by atoms with Crippen molar-refractivity contribution in [1.29, 1.82) is 0 Å². The van der Waals surface area contributed by atoms with E-state index in [1.54, 1.807) is 54.6 Å². The normalized spacial score (nSPS) is 12.6. The number of carbonyl (C=O) groups excluding carboxylic acids is 2. The minimum Gasteiger partial charge on any atom is -0.454 e. The highest BCUT2D eigenvalue weighted by Gasteiger charge is 2.33. The van der Waals surface area contributed by atoms with Gasteiger partial charge < -0.3 is 19.7 Å². The summed E-state index contributed by atoms with van der Waals surface area (Å²) in [6, 6.07) is 20.8. The van der Waals surface area contributed by atoms with Crippen LogP contribution in [0.2, 0.25) is 5.02 Å². The van der Waals surface area contributed by atoms with Crippen LogP contribution in [0.3, 0.4) is 0 Å². The smallest absolute Gasteiger partial charge is 0.248 e. The number of nitrogens with zero attached hydrogens (tertiary/aromatic N) is 5. The Hall–Kier alpha value is -4.81. The van der Waals surface area contributed by atoms with Gasteiger partial charge in [0, 0.05) is 28.6 Å². The van der Waals surface area contributed by atoms with Gasteiger partial charge in [0.15, 0.2) is 11.5 Å². The van der Waals surface area contributed by atoms with Gasteiger partial charge in [-0.3, -0.25) is 9.59 Å². The molecule has 0 fully saturated rings. The number of carbonyl (C=O) groups is 2. The Morgan fingerprint density at radius 2 is 1.79 bits per heavy atom. The van der Waals surface area contributed by atoms with Crippen molar-refractivity contribution in [3.8, 4) is 22.9 Å². The standard InChI is InChI=1S/C30H24ClFN6O4S/c31-22-8-6-21(7-9-22)29-34-36-38(35-29)17-27(39)37(16-20-5-12-24-25(14-20)42-18-41-24)28(26-2-1-13-43-26)30(40)33-15-19-3-10-23(32)11-4-19/h1-14,28H,15-18H2,(H,33,40)/t28-/m0/s1. The number of benzene rings is 3. The zero-order valence-electron chi connectivity index (χ0n) is 22.5. The molecule has 6 rings (SSSR count). The molecule has 0 unspecified atom stereocenters. The summed E-state index contributed by atoms with van der Waals surface area (Å²) in [5, 5.41) is 17.9. The Balaban J connectivity index is 1.29. The number of nitrogens with one attached hydrogen (secondary N) is 1. The molecule has 1 aliphatic rings. The van der Waals surface area contributed by atoms with Crippen LogP contribution in [0, 0.1) is 5.82 Å². The largest absolute Gasteiger partial charge is 0.454 e. The van der Waals surface area contributed by atoms with Crippen molar-refractivity contribution in [3.63, 3.8) is 0 Å². The predicted molar refractivity (Wildman–Crippen MR) is 157 cm³/mol. The summed E-state index contributed by atoms with van der Waals surface area (Å²) in [6.07, 6.45) is 0. The Bertz CT molecular complexity index is 1730. The number of fused-ring (bicyclic) bond motifs is 1. The molecule has 1 aliphatic heterocycles. The summed E-state index contributed by atoms with van der Waals surface area (Å²) in [5.74, 6) is 0.327. The van der Waals surface area contributed by atoms with E-state index in [0.29, 0.717) is 32.8 Å². The highest BCUT2D eigenvalue weighted by molar-refractivity contribution is 7.10. The quantitative estimate of drug-likeness (QED) is 0.234. The topological polar surface area (TPSA) is 111 Å². The van der Waals surface area contributed by atoms with Gasteiger partial charge in [-0.05, 0) is 76.3 Å². The van der Waals surface area contributed by atoms with Crippen molar-refractivity contribution >= 4 is 34.8 Å². The lowest BCUT2D eigenvalue weighted by atomic mass is 10.1. The van der Waals surface area contributed by atoms with Gasteiger partial charge >= 0.3 is 0 Å². The van der Waals surface area contributed by atoms with E-state index in [-0.39, 0.29) is 32.2 Å². The molecule has 218 valence electrons. The number of amides is 2. The molecule has 0 bridgehead atoms. The number of thiophene rings is 1. The van der Waals surface area contributed by atoms with Crippen molar-refractivity contribution < 1.29 is 23.5 Å². The minimum atomic E-state index is -0.974. The maximum absolute atomic E-state index is 14.0. The van der Waals surface area contributed by atoms with E-state index in [4.69, 9.17) is 21.1 Å². The molecule has 0 spiro atoms. The molecular weight excluding hydrogens is 595 g/mol. The van der Waals surface area contributed by atoms with Gasteiger partial charge in [-0.1, -0.05) is 35.9 Å². The number of aromatic nitrogens is 4. The van der Waals surface area contributed by atoms with Crippen LogP contribution in [0.1, 0.15) is 22.0 Å². The number of hydrogen-bond donors (Lipinski definition) is 1. The van der Waals surface area contributed by atoms with Crippen molar-refractivity contribution in [2.24, 2.45) is 0 Å². The van der Waals surface area contributed by atoms with E-state index in [1.807, 2.05) is 17.5 Å². The molecule has 5 aromatic rings. The number of tetrazole rings is 1. The first kappa shape index (κ1) is 28.3. The van der Waals surface area contributed by atoms with Crippen LogP contribution in [0.4, 0.5) is 4.39 Å². The minimum absolute atomic E-state index is 0.0841. The van der Waals surface area contributed by atoms with Crippen molar-refractivity contribution in [1.82, 2.24) is 30.4 Å². The molecule has 0 saturated heterocycles. The van der Waals surface area contributed by atoms with Crippen molar-refractivity contribution in [2.75, 3.05) is 6.79 Å². The zero-order chi connectivity index (χ0) is 29.8. The summed E-state index contributed by atoms with van der Waals surface area (Å²) in [4.78, 5) is 31.1. The highest BCUT2D eigenvalue weighted by atomic mass is 35.5. The van der Waals surface area contributed by atoms with E-state index in [1.165, 1.54) is 33.2 Å². The van der Waals surface area contributed by atoms with E-state index in [0.717, 1.165) is 11.1 Å². The maximum atomic E-state index is 14.0. The van der Waals surface area contributed by atoms with E-state index in [9.17, 15) is 14.0 Å². The van der Waals surface area contributed by atoms with Gasteiger partial charge in [0.2, 0.25) is 24.4 Å². The Morgan fingerprint density at radius 3 is 2.56 bits per heavy atom. The molecule has 2 amide bonds. The van der Waals surface area contributed by atoms with Crippen LogP contribution in [0.25, 0.3) is 11.4 Å². The second kappa shape index (κ2) is 12.6. The fourth-order valence-electron chi connectivity index (χ4n) is 4.56. The molecular formula is C30H24ClFN6O4S. The Kier molecular flexibility index (Phi) is 8.29. The van der Waals surface area contributed by atoms with E-state index in [2.05, 4.69) is 20.7 Å². The zero-order valence-corrected chi connectivity index (χ0v) is 24.1. The summed E-state index contributed by atoms with van der Waals surface area (Å²) in [7, 11) is 0. The molecule has 0 radical (unpaired) electrons. The van der Waals surface area contributed by atoms with Gasteiger partial charge in [0.25, 0.3) is 0 Å². The summed E-state index contributed by atoms with van der Waals surface area (Å²) in [6.45, 7) is 0.0834. The van der Waals surface area contributed by atoms with Crippen molar-refractivity contribution in [3.05, 3.63) is 111 Å². The molecule has 2 aromatic heterocycles. The van der Waals surface area contributed by atoms with Crippen LogP contribution < -0.4 is 14.8 Å². The molecule has 3 heterocycles. The molecule has 1 atom stereocenters. The molecule has 13 heteroatoms. The van der Waals surface area contributed by atoms with E-state index < -0.39 is 17.9 Å². The Morgan fingerprint density at radius 1 is 1.02 bits per heavy atom. The third-order valence-electron chi connectivity index (χ3n) is 6.69. The summed E-state index contributed by atoms with van der Waals surface area (Å²) >= 11 is 7.35. The number of hydrogen-bond acceptors (Lipinski definition) is 8. The molecule has 0 aliphatic carbocycles. The molecule has 3 aromatic carbocycles. The van der Waals surface area contributed by atoms with E-state index >= 15 is 0 Å². The maximum Gasteiger partial charge on any atom is 0.248 e. The molecule has 0 saturated carbocycles. The van der Waals surface area contributed by atoms with Crippen LogP contribution in [0.15, 0.2) is 84.2 Å². The lowest BCUT2D eigenvalue weighted by Gasteiger charge is -2.30. The van der Waals surface area contributed by atoms with Crippen LogP contribution >= 0.6 is 22.9 Å². The molecule has 43 heavy (non-hydrogen) atoms. The van der Waals surface area contributed by atoms with Crippen LogP contribution in [-0.4, -0.2) is 43.7 Å². The number of halogens is 2. The highest BCUT2D eigenvalue weighted by Crippen LogP contribution is 2.34. The first-order chi connectivity index (χ1) is 20.9. The lowest BCUT2D eigenvalue weighted by Crippen LogP contribution is -2.44. The lowest BCUT2D eigenvalue weighted by molar-refractivity contribution is -0.142. The average molecular weight is 619 g/mol. The molecule has 10 nitrogen and oxygen atoms in total. The van der Waals surface area contributed by atoms with Gasteiger partial charge in [0.1, 0.15) is 18.4 Å². The van der Waals surface area contributed by atoms with Gasteiger partial charge in [0.05, 0.1) is 0 Å². The third-order valence-corrected chi connectivity index (χ3v) is 7.87. The fraction of sp³-hybridized carbons (Fsp3) is 0.167. The fourth-order valence-corrected chi connectivity index (χ4v) is 5.52. The van der Waals surface area contributed by atoms with Crippen molar-refractivity contribution in [2.45, 2.75) is 25.7 Å². The monoisotopic (exact) mass is 618 g/mol. The number of ether oxygens (including phenoxy) is 2. The average Bonchev–Trinajstić information content (AvgIpc) is 3.80. The summed E-state index contributed by atoms with van der Waals surface area (Å²) in [5.41, 5.74) is 2.14. The second-order valence-electron chi connectivity index (χ2n) is 9.62. The van der Waals surface area contributed by atoms with Gasteiger partial charge in [-0.25, -0.2) is 4.39 Å². The van der Waals surface area contributed by atoms with Gasteiger partial charge in [-0.15, -0.1) is 21.5 Å².